The number of hydrogen-bond acceptors (Lipinski definition) is 6. The van der Waals surface area contributed by atoms with Gasteiger partial charge in [-0.05, 0) is 25.1 Å². The number of rotatable bonds is 6. The SMILES string of the molecule is Cc1cc(NCC(O)CO)nc(NC(=O)Nc2cccc(C(F)(F)F)c2)n1. The topological polar surface area (TPSA) is 119 Å². The van der Waals surface area contributed by atoms with E-state index in [1.807, 2.05) is 0 Å². The number of carbonyl (C=O) groups excluding carboxylic acids is 1. The molecule has 146 valence electrons. The van der Waals surface area contributed by atoms with E-state index >= 15 is 0 Å². The zero-order chi connectivity index (χ0) is 20.0. The van der Waals surface area contributed by atoms with E-state index in [-0.39, 0.29) is 18.2 Å². The highest BCUT2D eigenvalue weighted by atomic mass is 19.4. The standard InChI is InChI=1S/C16H18F3N5O3/c1-9-5-13(20-7-12(26)8-25)23-14(21-9)24-15(27)22-11-4-2-3-10(6-11)16(17,18)19/h2-6,12,25-26H,7-8H2,1H3,(H3,20,21,22,23,24,27). The summed E-state index contributed by atoms with van der Waals surface area (Å²) >= 11 is 0. The largest absolute Gasteiger partial charge is 0.416 e. The molecule has 0 aliphatic carbocycles. The van der Waals surface area contributed by atoms with Crippen molar-refractivity contribution < 1.29 is 28.2 Å². The van der Waals surface area contributed by atoms with Crippen LogP contribution in [0.25, 0.3) is 0 Å². The molecule has 1 atom stereocenters. The molecule has 0 saturated carbocycles. The molecule has 1 aromatic heterocycles. The Labute approximate surface area is 152 Å². The van der Waals surface area contributed by atoms with Crippen molar-refractivity contribution in [1.82, 2.24) is 9.97 Å². The lowest BCUT2D eigenvalue weighted by Crippen LogP contribution is -2.24. The molecule has 5 N–H and O–H groups in total. The molecular formula is C16H18F3N5O3. The van der Waals surface area contributed by atoms with E-state index in [0.29, 0.717) is 11.5 Å². The Kier molecular flexibility index (Phi) is 6.53. The van der Waals surface area contributed by atoms with Gasteiger partial charge in [0.25, 0.3) is 0 Å². The van der Waals surface area contributed by atoms with Crippen molar-refractivity contribution in [3.63, 3.8) is 0 Å². The fraction of sp³-hybridized carbons (Fsp3) is 0.312. The molecule has 2 rings (SSSR count). The van der Waals surface area contributed by atoms with Gasteiger partial charge in [0.1, 0.15) is 5.82 Å². The van der Waals surface area contributed by atoms with Crippen molar-refractivity contribution in [2.45, 2.75) is 19.2 Å². The van der Waals surface area contributed by atoms with Crippen molar-refractivity contribution in [1.29, 1.82) is 0 Å². The third kappa shape index (κ3) is 6.38. The summed E-state index contributed by atoms with van der Waals surface area (Å²) in [4.78, 5) is 20.0. The second kappa shape index (κ2) is 8.64. The molecule has 2 aromatic rings. The maximum absolute atomic E-state index is 12.7. The van der Waals surface area contributed by atoms with E-state index in [1.165, 1.54) is 12.1 Å². The number of halogens is 3. The van der Waals surface area contributed by atoms with Crippen LogP contribution >= 0.6 is 0 Å². The number of aromatic nitrogens is 2. The third-order valence-corrected chi connectivity index (χ3v) is 3.26. The predicted molar refractivity (Wildman–Crippen MR) is 92.4 cm³/mol. The lowest BCUT2D eigenvalue weighted by atomic mass is 10.2. The Bertz CT molecular complexity index is 801. The number of carbonyl (C=O) groups is 1. The highest BCUT2D eigenvalue weighted by Crippen LogP contribution is 2.30. The molecule has 0 aliphatic heterocycles. The van der Waals surface area contributed by atoms with E-state index in [2.05, 4.69) is 25.9 Å². The van der Waals surface area contributed by atoms with E-state index < -0.39 is 30.5 Å². The number of benzene rings is 1. The second-order valence-corrected chi connectivity index (χ2v) is 5.59. The molecule has 0 aliphatic rings. The minimum atomic E-state index is -4.52. The van der Waals surface area contributed by atoms with E-state index in [0.717, 1.165) is 12.1 Å². The molecule has 0 radical (unpaired) electrons. The number of aliphatic hydroxyl groups excluding tert-OH is 2. The van der Waals surface area contributed by atoms with Gasteiger partial charge in [0, 0.05) is 24.0 Å². The summed E-state index contributed by atoms with van der Waals surface area (Å²) in [6, 6.07) is 4.93. The molecule has 27 heavy (non-hydrogen) atoms. The van der Waals surface area contributed by atoms with Crippen molar-refractivity contribution in [2.75, 3.05) is 29.1 Å². The molecule has 1 unspecified atom stereocenters. The second-order valence-electron chi connectivity index (χ2n) is 5.59. The first-order chi connectivity index (χ1) is 12.7. The fourth-order valence-electron chi connectivity index (χ4n) is 2.04. The molecule has 11 heteroatoms. The van der Waals surface area contributed by atoms with Crippen LogP contribution in [-0.4, -0.2) is 45.5 Å². The summed E-state index contributed by atoms with van der Waals surface area (Å²) in [6.07, 6.45) is -5.51. The van der Waals surface area contributed by atoms with Gasteiger partial charge in [-0.2, -0.15) is 18.2 Å². The Morgan fingerprint density at radius 3 is 2.63 bits per heavy atom. The average molecular weight is 385 g/mol. The van der Waals surface area contributed by atoms with Crippen LogP contribution in [0.5, 0.6) is 0 Å². The Morgan fingerprint density at radius 2 is 1.96 bits per heavy atom. The molecule has 0 saturated heterocycles. The zero-order valence-electron chi connectivity index (χ0n) is 14.2. The number of urea groups is 1. The van der Waals surface area contributed by atoms with E-state index in [4.69, 9.17) is 5.11 Å². The number of alkyl halides is 3. The number of aryl methyl sites for hydroxylation is 1. The monoisotopic (exact) mass is 385 g/mol. The van der Waals surface area contributed by atoms with Crippen LogP contribution in [-0.2, 0) is 6.18 Å². The Morgan fingerprint density at radius 1 is 1.22 bits per heavy atom. The molecule has 0 fully saturated rings. The maximum Gasteiger partial charge on any atom is 0.416 e. The number of hydrogen-bond donors (Lipinski definition) is 5. The number of nitrogens with one attached hydrogen (secondary N) is 3. The first kappa shape index (κ1) is 20.4. The molecular weight excluding hydrogens is 367 g/mol. The van der Waals surface area contributed by atoms with Crippen LogP contribution in [0, 0.1) is 6.92 Å². The van der Waals surface area contributed by atoms with Gasteiger partial charge in [0.2, 0.25) is 5.95 Å². The predicted octanol–water partition coefficient (Wildman–Crippen LogP) is 2.21. The first-order valence-electron chi connectivity index (χ1n) is 7.81. The van der Waals surface area contributed by atoms with Gasteiger partial charge in [-0.15, -0.1) is 0 Å². The zero-order valence-corrected chi connectivity index (χ0v) is 14.2. The fourth-order valence-corrected chi connectivity index (χ4v) is 2.04. The van der Waals surface area contributed by atoms with Crippen LogP contribution < -0.4 is 16.0 Å². The lowest BCUT2D eigenvalue weighted by Gasteiger charge is -2.12. The molecule has 8 nitrogen and oxygen atoms in total. The van der Waals surface area contributed by atoms with Crippen LogP contribution in [0.4, 0.5) is 35.4 Å². The summed E-state index contributed by atoms with van der Waals surface area (Å²) in [5.74, 6) is 0.213. The summed E-state index contributed by atoms with van der Waals surface area (Å²) < 4.78 is 38.1. The molecule has 0 bridgehead atoms. The van der Waals surface area contributed by atoms with Gasteiger partial charge in [-0.1, -0.05) is 6.07 Å². The van der Waals surface area contributed by atoms with Gasteiger partial charge in [-0.25, -0.2) is 9.78 Å². The summed E-state index contributed by atoms with van der Waals surface area (Å²) in [5.41, 5.74) is -0.430. The van der Waals surface area contributed by atoms with Gasteiger partial charge in [0.15, 0.2) is 0 Å². The number of aliphatic hydroxyl groups is 2. The van der Waals surface area contributed by atoms with Gasteiger partial charge in [0.05, 0.1) is 18.3 Å². The summed E-state index contributed by atoms with van der Waals surface area (Å²) in [7, 11) is 0. The quantitative estimate of drug-likeness (QED) is 0.520. The molecule has 2 amide bonds. The van der Waals surface area contributed by atoms with Crippen LogP contribution in [0.1, 0.15) is 11.3 Å². The normalized spacial score (nSPS) is 12.4. The smallest absolute Gasteiger partial charge is 0.394 e. The average Bonchev–Trinajstić information content (AvgIpc) is 2.58. The molecule has 0 spiro atoms. The Hall–Kier alpha value is -2.92. The van der Waals surface area contributed by atoms with Gasteiger partial charge in [-0.3, -0.25) is 5.32 Å². The van der Waals surface area contributed by atoms with E-state index in [1.54, 1.807) is 13.0 Å². The number of nitrogens with zero attached hydrogens (tertiary/aromatic N) is 2. The van der Waals surface area contributed by atoms with Crippen LogP contribution in [0.3, 0.4) is 0 Å². The minimum absolute atomic E-state index is 0.0306. The highest BCUT2D eigenvalue weighted by molar-refractivity contribution is 5.98. The summed E-state index contributed by atoms with van der Waals surface area (Å²) in [5, 5.41) is 25.5. The van der Waals surface area contributed by atoms with Crippen molar-refractivity contribution in [3.8, 4) is 0 Å². The van der Waals surface area contributed by atoms with Gasteiger partial charge >= 0.3 is 12.2 Å². The summed E-state index contributed by atoms with van der Waals surface area (Å²) in [6.45, 7) is 1.25. The molecule has 1 heterocycles. The van der Waals surface area contributed by atoms with Gasteiger partial charge < -0.3 is 20.8 Å². The van der Waals surface area contributed by atoms with Crippen molar-refractivity contribution in [3.05, 3.63) is 41.6 Å². The maximum atomic E-state index is 12.7. The van der Waals surface area contributed by atoms with E-state index in [9.17, 15) is 23.1 Å². The number of amides is 2. The molecule has 1 aromatic carbocycles. The minimum Gasteiger partial charge on any atom is -0.394 e. The number of anilines is 3. The highest BCUT2D eigenvalue weighted by Gasteiger charge is 2.30. The van der Waals surface area contributed by atoms with Crippen molar-refractivity contribution in [2.24, 2.45) is 0 Å². The first-order valence-corrected chi connectivity index (χ1v) is 7.81. The lowest BCUT2D eigenvalue weighted by molar-refractivity contribution is -0.137. The van der Waals surface area contributed by atoms with Crippen LogP contribution in [0.15, 0.2) is 30.3 Å². The third-order valence-electron chi connectivity index (χ3n) is 3.26. The van der Waals surface area contributed by atoms with Crippen molar-refractivity contribution >= 4 is 23.5 Å². The van der Waals surface area contributed by atoms with Crippen LogP contribution in [0.2, 0.25) is 0 Å². The Balaban J connectivity index is 2.04.